The van der Waals surface area contributed by atoms with Crippen molar-refractivity contribution in [3.63, 3.8) is 0 Å². The Kier molecular flexibility index (Phi) is 5.01. The summed E-state index contributed by atoms with van der Waals surface area (Å²) in [6.07, 6.45) is 5.16. The number of nitrogens with two attached hydrogens (primary N) is 1. The second-order valence-electron chi connectivity index (χ2n) is 5.37. The Morgan fingerprint density at radius 1 is 1.05 bits per heavy atom. The average Bonchev–Trinajstić information content (AvgIpc) is 2.70. The molecule has 1 saturated carbocycles. The average molecular weight is 277 g/mol. The van der Waals surface area contributed by atoms with Gasteiger partial charge in [-0.1, -0.05) is 19.3 Å². The van der Waals surface area contributed by atoms with Crippen LogP contribution in [0.5, 0.6) is 11.5 Å². The second kappa shape index (κ2) is 6.75. The Bertz CT molecular complexity index is 451. The summed E-state index contributed by atoms with van der Waals surface area (Å²) in [4.78, 5) is 12.7. The second-order valence-corrected chi connectivity index (χ2v) is 5.37. The summed E-state index contributed by atoms with van der Waals surface area (Å²) in [5, 5.41) is 0. The van der Waals surface area contributed by atoms with E-state index in [1.165, 1.54) is 6.42 Å². The highest BCUT2D eigenvalue weighted by Gasteiger charge is 2.28. The fourth-order valence-electron chi connectivity index (χ4n) is 2.83. The molecule has 1 aliphatic rings. The molecule has 0 spiro atoms. The first-order valence-corrected chi connectivity index (χ1v) is 7.18. The van der Waals surface area contributed by atoms with E-state index in [1.807, 2.05) is 0 Å². The van der Waals surface area contributed by atoms with Crippen LogP contribution in [0.15, 0.2) is 18.2 Å². The van der Waals surface area contributed by atoms with E-state index in [2.05, 4.69) is 0 Å². The van der Waals surface area contributed by atoms with Gasteiger partial charge in [0.25, 0.3) is 0 Å². The van der Waals surface area contributed by atoms with E-state index in [-0.39, 0.29) is 17.7 Å². The zero-order valence-electron chi connectivity index (χ0n) is 12.2. The van der Waals surface area contributed by atoms with Crippen molar-refractivity contribution in [1.82, 2.24) is 0 Å². The lowest BCUT2D eigenvalue weighted by Gasteiger charge is -2.20. The number of ketones is 1. The number of hydrogen-bond acceptors (Lipinski definition) is 4. The third kappa shape index (κ3) is 3.31. The Morgan fingerprint density at radius 3 is 2.25 bits per heavy atom. The van der Waals surface area contributed by atoms with E-state index < -0.39 is 0 Å². The van der Waals surface area contributed by atoms with Gasteiger partial charge in [-0.2, -0.15) is 0 Å². The van der Waals surface area contributed by atoms with E-state index in [1.54, 1.807) is 32.4 Å². The fraction of sp³-hybridized carbons (Fsp3) is 0.562. The van der Waals surface area contributed by atoms with Gasteiger partial charge in [-0.05, 0) is 25.0 Å². The maximum Gasteiger partial charge on any atom is 0.167 e. The molecule has 0 amide bonds. The lowest BCUT2D eigenvalue weighted by atomic mass is 9.87. The fourth-order valence-corrected chi connectivity index (χ4v) is 2.83. The molecule has 1 aromatic carbocycles. The molecule has 110 valence electrons. The van der Waals surface area contributed by atoms with Gasteiger partial charge in [-0.3, -0.25) is 4.79 Å². The minimum Gasteiger partial charge on any atom is -0.497 e. The highest BCUT2D eigenvalue weighted by molar-refractivity contribution is 5.99. The molecule has 0 heterocycles. The summed E-state index contributed by atoms with van der Waals surface area (Å²) in [6.45, 7) is 0. The van der Waals surface area contributed by atoms with Gasteiger partial charge < -0.3 is 15.2 Å². The van der Waals surface area contributed by atoms with Crippen molar-refractivity contribution in [3.05, 3.63) is 23.8 Å². The molecular formula is C16H23NO3. The van der Waals surface area contributed by atoms with Crippen LogP contribution in [0.1, 0.15) is 42.5 Å². The number of carbonyl (C=O) groups excluding carboxylic acids is 1. The number of carbonyl (C=O) groups is 1. The number of ether oxygens (including phenoxy) is 2. The van der Waals surface area contributed by atoms with Crippen LogP contribution < -0.4 is 15.2 Å². The van der Waals surface area contributed by atoms with Crippen molar-refractivity contribution in [2.75, 3.05) is 14.2 Å². The first-order valence-electron chi connectivity index (χ1n) is 7.18. The molecule has 1 fully saturated rings. The molecule has 2 unspecified atom stereocenters. The van der Waals surface area contributed by atoms with Crippen LogP contribution in [0.2, 0.25) is 0 Å². The molecule has 4 heteroatoms. The normalized spacial score (nSPS) is 22.9. The Labute approximate surface area is 120 Å². The Balaban J connectivity index is 2.26. The molecule has 4 nitrogen and oxygen atoms in total. The summed E-state index contributed by atoms with van der Waals surface area (Å²) in [5.74, 6) is 1.29. The van der Waals surface area contributed by atoms with Crippen molar-refractivity contribution < 1.29 is 14.3 Å². The van der Waals surface area contributed by atoms with Crippen molar-refractivity contribution in [1.29, 1.82) is 0 Å². The molecule has 0 saturated heterocycles. The first-order chi connectivity index (χ1) is 9.65. The van der Waals surface area contributed by atoms with Crippen LogP contribution in [0, 0.1) is 5.92 Å². The van der Waals surface area contributed by atoms with Crippen LogP contribution in [0.3, 0.4) is 0 Å². The minimum absolute atomic E-state index is 0.0396. The summed E-state index contributed by atoms with van der Waals surface area (Å²) in [6, 6.07) is 5.26. The number of benzene rings is 1. The van der Waals surface area contributed by atoms with Crippen LogP contribution in [0.4, 0.5) is 0 Å². The number of methoxy groups -OCH3 is 2. The maximum absolute atomic E-state index is 12.7. The van der Waals surface area contributed by atoms with Gasteiger partial charge in [0.15, 0.2) is 5.78 Å². The molecule has 20 heavy (non-hydrogen) atoms. The molecule has 0 aromatic heterocycles. The highest BCUT2D eigenvalue weighted by Crippen LogP contribution is 2.29. The van der Waals surface area contributed by atoms with Crippen molar-refractivity contribution >= 4 is 5.78 Å². The summed E-state index contributed by atoms with van der Waals surface area (Å²) in [7, 11) is 3.17. The monoisotopic (exact) mass is 277 g/mol. The molecule has 0 bridgehead atoms. The third-order valence-corrected chi connectivity index (χ3v) is 4.04. The highest BCUT2D eigenvalue weighted by atomic mass is 16.5. The first kappa shape index (κ1) is 14.9. The molecule has 2 N–H and O–H groups in total. The van der Waals surface area contributed by atoms with Gasteiger partial charge in [0, 0.05) is 23.6 Å². The summed E-state index contributed by atoms with van der Waals surface area (Å²) < 4.78 is 10.4. The molecule has 0 aliphatic heterocycles. The lowest BCUT2D eigenvalue weighted by Crippen LogP contribution is -2.34. The van der Waals surface area contributed by atoms with Gasteiger partial charge in [-0.15, -0.1) is 0 Å². The number of Topliss-reactive ketones (excluding diaryl/α,β-unsaturated/α-hetero) is 1. The molecule has 2 rings (SSSR count). The van der Waals surface area contributed by atoms with E-state index in [0.29, 0.717) is 17.1 Å². The summed E-state index contributed by atoms with van der Waals surface area (Å²) in [5.41, 5.74) is 6.80. The van der Waals surface area contributed by atoms with Gasteiger partial charge >= 0.3 is 0 Å². The van der Waals surface area contributed by atoms with Gasteiger partial charge in [0.05, 0.1) is 14.2 Å². The predicted octanol–water partition coefficient (Wildman–Crippen LogP) is 2.79. The van der Waals surface area contributed by atoms with Crippen LogP contribution >= 0.6 is 0 Å². The van der Waals surface area contributed by atoms with Crippen LogP contribution in [-0.4, -0.2) is 26.0 Å². The molecule has 1 aliphatic carbocycles. The quantitative estimate of drug-likeness (QED) is 0.679. The van der Waals surface area contributed by atoms with Crippen LogP contribution in [-0.2, 0) is 0 Å². The zero-order valence-corrected chi connectivity index (χ0v) is 12.2. The zero-order chi connectivity index (χ0) is 14.5. The van der Waals surface area contributed by atoms with Gasteiger partial charge in [0.2, 0.25) is 0 Å². The standard InChI is InChI=1S/C16H23NO3/c1-19-12-8-11(9-13(10-12)20-2)16(18)14-6-4-3-5-7-15(14)17/h8-10,14-15H,3-7,17H2,1-2H3. The Morgan fingerprint density at radius 2 is 1.65 bits per heavy atom. The maximum atomic E-state index is 12.7. The topological polar surface area (TPSA) is 61.5 Å². The predicted molar refractivity (Wildman–Crippen MR) is 78.4 cm³/mol. The minimum atomic E-state index is -0.0886. The number of rotatable bonds is 4. The largest absolute Gasteiger partial charge is 0.497 e. The van der Waals surface area contributed by atoms with Crippen molar-refractivity contribution in [3.8, 4) is 11.5 Å². The molecule has 0 radical (unpaired) electrons. The van der Waals surface area contributed by atoms with E-state index in [4.69, 9.17) is 15.2 Å². The van der Waals surface area contributed by atoms with Crippen LogP contribution in [0.25, 0.3) is 0 Å². The van der Waals surface area contributed by atoms with E-state index >= 15 is 0 Å². The third-order valence-electron chi connectivity index (χ3n) is 4.04. The molecule has 1 aromatic rings. The van der Waals surface area contributed by atoms with Crippen molar-refractivity contribution in [2.24, 2.45) is 11.7 Å². The lowest BCUT2D eigenvalue weighted by molar-refractivity contribution is 0.0894. The van der Waals surface area contributed by atoms with Gasteiger partial charge in [0.1, 0.15) is 11.5 Å². The molecular weight excluding hydrogens is 254 g/mol. The Hall–Kier alpha value is -1.55. The molecule has 2 atom stereocenters. The van der Waals surface area contributed by atoms with E-state index in [0.717, 1.165) is 25.7 Å². The number of hydrogen-bond donors (Lipinski definition) is 1. The van der Waals surface area contributed by atoms with E-state index in [9.17, 15) is 4.79 Å². The van der Waals surface area contributed by atoms with Crippen molar-refractivity contribution in [2.45, 2.75) is 38.1 Å². The summed E-state index contributed by atoms with van der Waals surface area (Å²) >= 11 is 0. The SMILES string of the molecule is COc1cc(OC)cc(C(=O)C2CCCCCC2N)c1. The van der Waals surface area contributed by atoms with Gasteiger partial charge in [-0.25, -0.2) is 0 Å². The smallest absolute Gasteiger partial charge is 0.167 e.